The van der Waals surface area contributed by atoms with Crippen LogP contribution in [0.5, 0.6) is 11.5 Å². The Hall–Kier alpha value is -4.08. The van der Waals surface area contributed by atoms with E-state index in [-0.39, 0.29) is 5.56 Å². The molecule has 1 N–H and O–H groups in total. The minimum Gasteiger partial charge on any atom is -0.497 e. The van der Waals surface area contributed by atoms with Crippen LogP contribution in [0.25, 0.3) is 6.08 Å². The summed E-state index contributed by atoms with van der Waals surface area (Å²) in [5.41, 5.74) is -0.0228. The summed E-state index contributed by atoms with van der Waals surface area (Å²) in [6, 6.07) is 4.69. The van der Waals surface area contributed by atoms with Gasteiger partial charge in [0, 0.05) is 51.9 Å². The van der Waals surface area contributed by atoms with Crippen molar-refractivity contribution in [2.45, 2.75) is 6.04 Å². The summed E-state index contributed by atoms with van der Waals surface area (Å²) in [6.45, 7) is 0. The molecule has 3 aromatic rings. The third-order valence-corrected chi connectivity index (χ3v) is 5.00. The fourth-order valence-corrected chi connectivity index (χ4v) is 3.25. The molecule has 0 saturated heterocycles. The van der Waals surface area contributed by atoms with Gasteiger partial charge in [-0.3, -0.25) is 14.2 Å². The molecule has 1 unspecified atom stereocenters. The first-order valence-corrected chi connectivity index (χ1v) is 9.70. The molecule has 168 valence electrons. The zero-order chi connectivity index (χ0) is 23.4. The van der Waals surface area contributed by atoms with Crippen molar-refractivity contribution in [3.8, 4) is 11.5 Å². The summed E-state index contributed by atoms with van der Waals surface area (Å²) in [5, 5.41) is 2.91. The molecule has 0 bridgehead atoms. The number of methoxy groups -OCH3 is 2. The molecule has 0 fully saturated rings. The normalized spacial score (nSPS) is 12.0. The molecule has 1 amide bonds. The predicted molar refractivity (Wildman–Crippen MR) is 119 cm³/mol. The number of imidazole rings is 1. The van der Waals surface area contributed by atoms with Gasteiger partial charge in [-0.1, -0.05) is 0 Å². The molecule has 3 rings (SSSR count). The molecular weight excluding hydrogens is 414 g/mol. The third-order valence-electron chi connectivity index (χ3n) is 5.00. The van der Waals surface area contributed by atoms with Crippen LogP contribution in [-0.4, -0.2) is 38.8 Å². The van der Waals surface area contributed by atoms with Gasteiger partial charge in [0.15, 0.2) is 0 Å². The lowest BCUT2D eigenvalue weighted by Gasteiger charge is -2.20. The number of hydrogen-bond donors (Lipinski definition) is 1. The van der Waals surface area contributed by atoms with Crippen molar-refractivity contribution >= 4 is 12.0 Å². The minimum atomic E-state index is -0.612. The first kappa shape index (κ1) is 22.6. The van der Waals surface area contributed by atoms with Crippen LogP contribution in [0.1, 0.15) is 23.0 Å². The van der Waals surface area contributed by atoms with E-state index < -0.39 is 23.2 Å². The molecule has 2 heterocycles. The van der Waals surface area contributed by atoms with Crippen LogP contribution in [0.3, 0.4) is 0 Å². The molecule has 0 saturated carbocycles. The Morgan fingerprint density at radius 2 is 1.72 bits per heavy atom. The summed E-state index contributed by atoms with van der Waals surface area (Å²) < 4.78 is 14.8. The Balaban J connectivity index is 1.96. The third kappa shape index (κ3) is 4.64. The quantitative estimate of drug-likeness (QED) is 0.544. The van der Waals surface area contributed by atoms with Crippen LogP contribution in [-0.2, 0) is 25.9 Å². The van der Waals surface area contributed by atoms with Crippen molar-refractivity contribution in [1.82, 2.24) is 24.0 Å². The number of carbonyl (C=O) groups excluding carboxylic acids is 1. The van der Waals surface area contributed by atoms with Crippen LogP contribution < -0.4 is 26.0 Å². The van der Waals surface area contributed by atoms with E-state index in [1.165, 1.54) is 37.0 Å². The molecule has 0 aliphatic heterocycles. The summed E-state index contributed by atoms with van der Waals surface area (Å²) >= 11 is 0. The predicted octanol–water partition coefficient (Wildman–Crippen LogP) is 0.754. The lowest BCUT2D eigenvalue weighted by Crippen LogP contribution is -2.37. The molecule has 10 nitrogen and oxygen atoms in total. The average molecular weight is 439 g/mol. The van der Waals surface area contributed by atoms with Crippen molar-refractivity contribution in [3.63, 3.8) is 0 Å². The van der Waals surface area contributed by atoms with Gasteiger partial charge in [0.25, 0.3) is 5.56 Å². The van der Waals surface area contributed by atoms with Gasteiger partial charge in [-0.2, -0.15) is 0 Å². The molecule has 1 atom stereocenters. The molecule has 1 aromatic carbocycles. The smallest absolute Gasteiger partial charge is 0.330 e. The number of ether oxygens (including phenoxy) is 2. The van der Waals surface area contributed by atoms with E-state index in [0.717, 1.165) is 4.57 Å². The number of benzene rings is 1. The lowest BCUT2D eigenvalue weighted by molar-refractivity contribution is -0.117. The van der Waals surface area contributed by atoms with E-state index in [4.69, 9.17) is 9.47 Å². The highest BCUT2D eigenvalue weighted by atomic mass is 16.5. The van der Waals surface area contributed by atoms with Crippen LogP contribution in [0.2, 0.25) is 0 Å². The molecular formula is C22H25N5O5. The van der Waals surface area contributed by atoms with Gasteiger partial charge in [0.2, 0.25) is 5.91 Å². The molecule has 0 spiro atoms. The number of nitrogens with zero attached hydrogens (tertiary/aromatic N) is 4. The van der Waals surface area contributed by atoms with E-state index >= 15 is 0 Å². The fraction of sp³-hybridized carbons (Fsp3) is 0.273. The van der Waals surface area contributed by atoms with Gasteiger partial charge in [-0.05, 0) is 23.8 Å². The van der Waals surface area contributed by atoms with Crippen molar-refractivity contribution in [2.75, 3.05) is 14.2 Å². The Labute approximate surface area is 184 Å². The molecule has 0 aliphatic rings. The second-order valence-electron chi connectivity index (χ2n) is 7.16. The fourth-order valence-electron chi connectivity index (χ4n) is 3.25. The number of hydrogen-bond acceptors (Lipinski definition) is 6. The van der Waals surface area contributed by atoms with Crippen molar-refractivity contribution in [1.29, 1.82) is 0 Å². The highest BCUT2D eigenvalue weighted by Gasteiger charge is 2.21. The Morgan fingerprint density at radius 1 is 1.06 bits per heavy atom. The SMILES string of the molecule is COc1cc(OC)cc(C(NC(=O)/C=C/c2cn(C)c(=O)n(C)c2=O)c2nccn2C)c1. The van der Waals surface area contributed by atoms with Gasteiger partial charge in [-0.15, -0.1) is 0 Å². The molecule has 2 aromatic heterocycles. The first-order chi connectivity index (χ1) is 15.2. The number of aromatic nitrogens is 4. The van der Waals surface area contributed by atoms with Gasteiger partial charge in [0.1, 0.15) is 23.4 Å². The van der Waals surface area contributed by atoms with Gasteiger partial charge in [0.05, 0.1) is 19.8 Å². The molecule has 0 aliphatic carbocycles. The van der Waals surface area contributed by atoms with Gasteiger partial charge < -0.3 is 23.9 Å². The molecule has 32 heavy (non-hydrogen) atoms. The van der Waals surface area contributed by atoms with Crippen LogP contribution in [0.15, 0.2) is 52.5 Å². The highest BCUT2D eigenvalue weighted by molar-refractivity contribution is 5.92. The zero-order valence-corrected chi connectivity index (χ0v) is 18.5. The first-order valence-electron chi connectivity index (χ1n) is 9.70. The van der Waals surface area contributed by atoms with E-state index in [1.54, 1.807) is 49.4 Å². The van der Waals surface area contributed by atoms with Crippen molar-refractivity contribution in [3.05, 3.63) is 80.7 Å². The second-order valence-corrected chi connectivity index (χ2v) is 7.16. The van der Waals surface area contributed by atoms with Crippen LogP contribution in [0, 0.1) is 0 Å². The largest absolute Gasteiger partial charge is 0.497 e. The van der Waals surface area contributed by atoms with E-state index in [0.29, 0.717) is 22.9 Å². The number of nitrogens with one attached hydrogen (secondary N) is 1. The number of carbonyl (C=O) groups is 1. The number of amides is 1. The maximum Gasteiger partial charge on any atom is 0.330 e. The maximum absolute atomic E-state index is 12.8. The Morgan fingerprint density at radius 3 is 2.28 bits per heavy atom. The van der Waals surface area contributed by atoms with Gasteiger partial charge in [-0.25, -0.2) is 9.78 Å². The minimum absolute atomic E-state index is 0.210. The number of aryl methyl sites for hydroxylation is 2. The van der Waals surface area contributed by atoms with Crippen molar-refractivity contribution in [2.24, 2.45) is 21.1 Å². The molecule has 10 heteroatoms. The second kappa shape index (κ2) is 9.38. The van der Waals surface area contributed by atoms with E-state index in [1.807, 2.05) is 7.05 Å². The van der Waals surface area contributed by atoms with Crippen LogP contribution >= 0.6 is 0 Å². The van der Waals surface area contributed by atoms with Crippen LogP contribution in [0.4, 0.5) is 0 Å². The summed E-state index contributed by atoms with van der Waals surface area (Å²) in [7, 11) is 7.83. The standard InChI is InChI=1S/C22H25N5O5/c1-25-9-8-23-20(25)19(15-10-16(31-4)12-17(11-15)32-5)24-18(28)7-6-14-13-26(2)22(30)27(3)21(14)29/h6-13,19H,1-5H3,(H,24,28)/b7-6+. The van der Waals surface area contributed by atoms with E-state index in [2.05, 4.69) is 10.3 Å². The topological polar surface area (TPSA) is 109 Å². The molecule has 0 radical (unpaired) electrons. The van der Waals surface area contributed by atoms with E-state index in [9.17, 15) is 14.4 Å². The maximum atomic E-state index is 12.8. The van der Waals surface area contributed by atoms with Gasteiger partial charge >= 0.3 is 5.69 Å². The summed E-state index contributed by atoms with van der Waals surface area (Å²) in [6.07, 6.45) is 7.41. The zero-order valence-electron chi connectivity index (χ0n) is 18.5. The summed E-state index contributed by atoms with van der Waals surface area (Å²) in [4.78, 5) is 41.3. The Bertz CT molecular complexity index is 1260. The summed E-state index contributed by atoms with van der Waals surface area (Å²) in [5.74, 6) is 1.28. The monoisotopic (exact) mass is 439 g/mol. The highest BCUT2D eigenvalue weighted by Crippen LogP contribution is 2.29. The lowest BCUT2D eigenvalue weighted by atomic mass is 10.0. The number of rotatable bonds is 7. The average Bonchev–Trinajstić information content (AvgIpc) is 3.22. The van der Waals surface area contributed by atoms with Crippen molar-refractivity contribution < 1.29 is 14.3 Å². The Kier molecular flexibility index (Phi) is 6.62.